The maximum Gasteiger partial charge on any atom is 0.307 e. The van der Waals surface area contributed by atoms with Crippen LogP contribution in [0.5, 0.6) is 0 Å². The van der Waals surface area contributed by atoms with Gasteiger partial charge in [-0.3, -0.25) is 9.59 Å². The van der Waals surface area contributed by atoms with Gasteiger partial charge in [0.15, 0.2) is 9.84 Å². The zero-order valence-electron chi connectivity index (χ0n) is 9.71. The molecule has 2 N–H and O–H groups in total. The number of aliphatic carboxylic acids is 1. The number of rotatable bonds is 5. The van der Waals surface area contributed by atoms with E-state index in [-0.39, 0.29) is 6.42 Å². The summed E-state index contributed by atoms with van der Waals surface area (Å²) in [6, 6.07) is 6.17. The fraction of sp³-hybridized carbons (Fsp3) is 0.273. The first-order valence-electron chi connectivity index (χ1n) is 5.04. The van der Waals surface area contributed by atoms with Crippen LogP contribution >= 0.6 is 0 Å². The van der Waals surface area contributed by atoms with Crippen molar-refractivity contribution in [3.63, 3.8) is 0 Å². The third kappa shape index (κ3) is 5.44. The summed E-state index contributed by atoms with van der Waals surface area (Å²) in [7, 11) is -3.36. The first-order chi connectivity index (χ1) is 8.26. The van der Waals surface area contributed by atoms with Gasteiger partial charge in [-0.25, -0.2) is 8.42 Å². The van der Waals surface area contributed by atoms with Crippen molar-refractivity contribution in [3.05, 3.63) is 29.8 Å². The molecule has 0 aromatic heterocycles. The molecule has 0 atom stereocenters. The second-order valence-corrected chi connectivity index (χ2v) is 6.03. The van der Waals surface area contributed by atoms with Gasteiger partial charge in [0.05, 0.1) is 6.42 Å². The Labute approximate surface area is 105 Å². The molecule has 0 unspecified atom stereocenters. The van der Waals surface area contributed by atoms with Gasteiger partial charge in [-0.15, -0.1) is 0 Å². The third-order valence-corrected chi connectivity index (χ3v) is 2.77. The van der Waals surface area contributed by atoms with Gasteiger partial charge in [0.25, 0.3) is 0 Å². The van der Waals surface area contributed by atoms with E-state index in [9.17, 15) is 18.0 Å². The molecule has 0 aliphatic carbocycles. The van der Waals surface area contributed by atoms with Gasteiger partial charge in [-0.2, -0.15) is 0 Å². The molecule has 0 saturated carbocycles. The van der Waals surface area contributed by atoms with E-state index >= 15 is 0 Å². The van der Waals surface area contributed by atoms with Gasteiger partial charge < -0.3 is 10.4 Å². The van der Waals surface area contributed by atoms with Gasteiger partial charge in [0.2, 0.25) is 5.91 Å². The molecule has 1 aromatic rings. The molecule has 0 fully saturated rings. The van der Waals surface area contributed by atoms with Crippen molar-refractivity contribution in [2.75, 3.05) is 17.3 Å². The molecule has 0 bridgehead atoms. The zero-order chi connectivity index (χ0) is 13.8. The maximum absolute atomic E-state index is 11.3. The Hall–Kier alpha value is -1.89. The van der Waals surface area contributed by atoms with Crippen molar-refractivity contribution in [1.82, 2.24) is 0 Å². The number of hydrogen-bond donors (Lipinski definition) is 2. The molecule has 0 heterocycles. The summed E-state index contributed by atoms with van der Waals surface area (Å²) in [5.41, 5.74) is 1.03. The summed E-state index contributed by atoms with van der Waals surface area (Å²) in [5.74, 6) is -2.14. The molecule has 1 rings (SSSR count). The van der Waals surface area contributed by atoms with Crippen LogP contribution in [0.4, 0.5) is 5.69 Å². The smallest absolute Gasteiger partial charge is 0.307 e. The molecule has 6 nitrogen and oxygen atoms in total. The Balaban J connectivity index is 2.64. The molecular formula is C11H13NO5S. The number of anilines is 1. The highest BCUT2D eigenvalue weighted by atomic mass is 32.2. The SMILES string of the molecule is CS(=O)(=O)CC(=O)Nc1ccc(CC(=O)O)cc1. The lowest BCUT2D eigenvalue weighted by Gasteiger charge is -2.05. The molecule has 18 heavy (non-hydrogen) atoms. The molecule has 0 radical (unpaired) electrons. The summed E-state index contributed by atoms with van der Waals surface area (Å²) in [6.45, 7) is 0. The summed E-state index contributed by atoms with van der Waals surface area (Å²) in [5, 5.41) is 11.0. The largest absolute Gasteiger partial charge is 0.481 e. The minimum atomic E-state index is -3.36. The number of carboxylic acids is 1. The van der Waals surface area contributed by atoms with Crippen LogP contribution in [0, 0.1) is 0 Å². The molecule has 98 valence electrons. The second-order valence-electron chi connectivity index (χ2n) is 3.89. The molecule has 0 aliphatic rings. The topological polar surface area (TPSA) is 101 Å². The minimum Gasteiger partial charge on any atom is -0.481 e. The van der Waals surface area contributed by atoms with E-state index in [2.05, 4.69) is 5.32 Å². The van der Waals surface area contributed by atoms with Crippen LogP contribution in [0.25, 0.3) is 0 Å². The number of carbonyl (C=O) groups excluding carboxylic acids is 1. The molecule has 1 amide bonds. The Kier molecular flexibility index (Phi) is 4.43. The molecule has 0 saturated heterocycles. The number of hydrogen-bond acceptors (Lipinski definition) is 4. The summed E-state index contributed by atoms with van der Waals surface area (Å²) in [6.07, 6.45) is 0.875. The predicted molar refractivity (Wildman–Crippen MR) is 66.1 cm³/mol. The monoisotopic (exact) mass is 271 g/mol. The number of nitrogens with one attached hydrogen (secondary N) is 1. The molecule has 1 aromatic carbocycles. The van der Waals surface area contributed by atoms with E-state index in [4.69, 9.17) is 5.11 Å². The summed E-state index contributed by atoms with van der Waals surface area (Å²) < 4.78 is 21.8. The quantitative estimate of drug-likeness (QED) is 0.802. The van der Waals surface area contributed by atoms with Gasteiger partial charge in [-0.1, -0.05) is 12.1 Å². The van der Waals surface area contributed by atoms with E-state index in [0.717, 1.165) is 6.26 Å². The fourth-order valence-corrected chi connectivity index (χ4v) is 1.86. The molecular weight excluding hydrogens is 258 g/mol. The van der Waals surface area contributed by atoms with Crippen LogP contribution in [0.15, 0.2) is 24.3 Å². The fourth-order valence-electron chi connectivity index (χ4n) is 1.32. The first-order valence-corrected chi connectivity index (χ1v) is 7.10. The lowest BCUT2D eigenvalue weighted by atomic mass is 10.1. The van der Waals surface area contributed by atoms with E-state index in [1.165, 1.54) is 12.1 Å². The van der Waals surface area contributed by atoms with Crippen molar-refractivity contribution < 1.29 is 23.1 Å². The van der Waals surface area contributed by atoms with Crippen LogP contribution < -0.4 is 5.32 Å². The number of benzene rings is 1. The van der Waals surface area contributed by atoms with Crippen LogP contribution in [0.3, 0.4) is 0 Å². The highest BCUT2D eigenvalue weighted by Crippen LogP contribution is 2.10. The first kappa shape index (κ1) is 14.2. The average Bonchev–Trinajstić information content (AvgIpc) is 2.17. The van der Waals surface area contributed by atoms with Crippen molar-refractivity contribution in [1.29, 1.82) is 0 Å². The number of amides is 1. The van der Waals surface area contributed by atoms with E-state index in [1.807, 2.05) is 0 Å². The Morgan fingerprint density at radius 2 is 1.78 bits per heavy atom. The molecule has 7 heteroatoms. The van der Waals surface area contributed by atoms with Crippen LogP contribution in [0.1, 0.15) is 5.56 Å². The molecule has 0 aliphatic heterocycles. The highest BCUT2D eigenvalue weighted by Gasteiger charge is 2.10. The molecule has 0 spiro atoms. The predicted octanol–water partition coefficient (Wildman–Crippen LogP) is 0.297. The Bertz CT molecular complexity index is 547. The second kappa shape index (κ2) is 5.63. The standard InChI is InChI=1S/C11H13NO5S/c1-18(16,17)7-10(13)12-9-4-2-8(3-5-9)6-11(14)15/h2-5H,6-7H2,1H3,(H,12,13)(H,14,15). The van der Waals surface area contributed by atoms with Crippen molar-refractivity contribution in [3.8, 4) is 0 Å². The van der Waals surface area contributed by atoms with E-state index in [0.29, 0.717) is 11.3 Å². The normalized spacial score (nSPS) is 10.9. The van der Waals surface area contributed by atoms with E-state index in [1.54, 1.807) is 12.1 Å². The summed E-state index contributed by atoms with van der Waals surface area (Å²) >= 11 is 0. The highest BCUT2D eigenvalue weighted by molar-refractivity contribution is 7.91. The Morgan fingerprint density at radius 3 is 2.22 bits per heavy atom. The number of sulfone groups is 1. The Morgan fingerprint density at radius 1 is 1.22 bits per heavy atom. The van der Waals surface area contributed by atoms with Crippen molar-refractivity contribution >= 4 is 27.4 Å². The lowest BCUT2D eigenvalue weighted by Crippen LogP contribution is -2.21. The van der Waals surface area contributed by atoms with Gasteiger partial charge in [0.1, 0.15) is 5.75 Å². The maximum atomic E-state index is 11.3. The third-order valence-electron chi connectivity index (χ3n) is 1.99. The minimum absolute atomic E-state index is 0.0996. The lowest BCUT2D eigenvalue weighted by molar-refractivity contribution is -0.136. The van der Waals surface area contributed by atoms with Crippen molar-refractivity contribution in [2.24, 2.45) is 0 Å². The van der Waals surface area contributed by atoms with Gasteiger partial charge in [-0.05, 0) is 17.7 Å². The van der Waals surface area contributed by atoms with Gasteiger partial charge >= 0.3 is 5.97 Å². The van der Waals surface area contributed by atoms with Crippen LogP contribution in [-0.4, -0.2) is 37.4 Å². The number of carboxylic acid groups (broad SMARTS) is 1. The van der Waals surface area contributed by atoms with E-state index < -0.39 is 27.5 Å². The zero-order valence-corrected chi connectivity index (χ0v) is 10.5. The summed E-state index contributed by atoms with van der Waals surface area (Å²) in [4.78, 5) is 21.8. The number of carbonyl (C=O) groups is 2. The van der Waals surface area contributed by atoms with Crippen molar-refractivity contribution in [2.45, 2.75) is 6.42 Å². The van der Waals surface area contributed by atoms with Gasteiger partial charge in [0, 0.05) is 11.9 Å². The van der Waals surface area contributed by atoms with Crippen LogP contribution in [0.2, 0.25) is 0 Å². The average molecular weight is 271 g/mol. The van der Waals surface area contributed by atoms with Crippen LogP contribution in [-0.2, 0) is 25.8 Å².